The number of barbiturate groups is 1. The molecule has 5 rings (SSSR count). The Morgan fingerprint density at radius 1 is 0.703 bits per heavy atom. The van der Waals surface area contributed by atoms with Crippen LogP contribution in [0.2, 0.25) is 0 Å². The topological polar surface area (TPSA) is 57.7 Å². The molecule has 0 aliphatic carbocycles. The Bertz CT molecular complexity index is 1470. The lowest BCUT2D eigenvalue weighted by Crippen LogP contribution is -2.57. The number of hydrogen-bond donors (Lipinski definition) is 0. The highest BCUT2D eigenvalue weighted by atomic mass is 79.9. The van der Waals surface area contributed by atoms with E-state index in [-0.39, 0.29) is 11.4 Å². The van der Waals surface area contributed by atoms with E-state index in [9.17, 15) is 18.8 Å². The van der Waals surface area contributed by atoms with E-state index < -0.39 is 17.8 Å². The molecule has 0 N–H and O–H groups in total. The average molecular weight is 555 g/mol. The van der Waals surface area contributed by atoms with Crippen molar-refractivity contribution in [2.24, 2.45) is 0 Å². The highest BCUT2D eigenvalue weighted by molar-refractivity contribution is 9.10. The summed E-state index contributed by atoms with van der Waals surface area (Å²) in [5, 5.41) is 0. The molecule has 1 aliphatic heterocycles. The van der Waals surface area contributed by atoms with Gasteiger partial charge in [0.25, 0.3) is 11.8 Å². The SMILES string of the molecule is O=C1C(=Cc2cc(Br)ccc2Cc2cccc(F)c2)C(=O)N(c2ccccc2)C(=O)N1c1ccccc1. The Kier molecular flexibility index (Phi) is 6.79. The Balaban J connectivity index is 1.64. The predicted molar refractivity (Wildman–Crippen MR) is 145 cm³/mol. The fourth-order valence-corrected chi connectivity index (χ4v) is 4.60. The van der Waals surface area contributed by atoms with Gasteiger partial charge in [0, 0.05) is 4.47 Å². The van der Waals surface area contributed by atoms with E-state index in [4.69, 9.17) is 0 Å². The highest BCUT2D eigenvalue weighted by Gasteiger charge is 2.43. The van der Waals surface area contributed by atoms with Crippen molar-refractivity contribution in [3.63, 3.8) is 0 Å². The third-order valence-corrected chi connectivity index (χ3v) is 6.46. The number of halogens is 2. The predicted octanol–water partition coefficient (Wildman–Crippen LogP) is 6.76. The molecule has 7 heteroatoms. The lowest BCUT2D eigenvalue weighted by molar-refractivity contribution is -0.121. The number of carbonyl (C=O) groups is 3. The van der Waals surface area contributed by atoms with Crippen LogP contribution >= 0.6 is 15.9 Å². The Hall–Kier alpha value is -4.36. The molecule has 0 bridgehead atoms. The zero-order valence-electron chi connectivity index (χ0n) is 19.5. The number of hydrogen-bond acceptors (Lipinski definition) is 3. The quantitative estimate of drug-likeness (QED) is 0.202. The van der Waals surface area contributed by atoms with E-state index in [2.05, 4.69) is 15.9 Å². The second kappa shape index (κ2) is 10.3. The van der Waals surface area contributed by atoms with E-state index >= 15 is 0 Å². The van der Waals surface area contributed by atoms with Crippen LogP contribution < -0.4 is 9.80 Å². The summed E-state index contributed by atoms with van der Waals surface area (Å²) in [4.78, 5) is 42.8. The monoisotopic (exact) mass is 554 g/mol. The molecule has 1 fully saturated rings. The second-order valence-electron chi connectivity index (χ2n) is 8.44. The number of rotatable bonds is 5. The van der Waals surface area contributed by atoms with Gasteiger partial charge >= 0.3 is 6.03 Å². The van der Waals surface area contributed by atoms with Crippen LogP contribution in [0.15, 0.2) is 113 Å². The lowest BCUT2D eigenvalue weighted by atomic mass is 9.97. The maximum absolute atomic E-state index is 13.8. The van der Waals surface area contributed by atoms with E-state index in [0.29, 0.717) is 23.4 Å². The number of imide groups is 2. The normalized spacial score (nSPS) is 13.8. The van der Waals surface area contributed by atoms with E-state index in [0.717, 1.165) is 25.4 Å². The molecule has 1 saturated heterocycles. The summed E-state index contributed by atoms with van der Waals surface area (Å²) in [6, 6.07) is 28.0. The third-order valence-electron chi connectivity index (χ3n) is 5.97. The molecule has 4 aromatic rings. The first-order chi connectivity index (χ1) is 17.9. The van der Waals surface area contributed by atoms with Crippen molar-refractivity contribution in [3.05, 3.63) is 136 Å². The molecule has 0 unspecified atom stereocenters. The molecule has 1 heterocycles. The van der Waals surface area contributed by atoms with Gasteiger partial charge in [-0.2, -0.15) is 0 Å². The average Bonchev–Trinajstić information content (AvgIpc) is 2.89. The Morgan fingerprint density at radius 3 is 1.86 bits per heavy atom. The first-order valence-electron chi connectivity index (χ1n) is 11.5. The number of carbonyl (C=O) groups excluding carboxylic acids is 3. The van der Waals surface area contributed by atoms with Crippen molar-refractivity contribution in [2.45, 2.75) is 6.42 Å². The Morgan fingerprint density at radius 2 is 1.30 bits per heavy atom. The van der Waals surface area contributed by atoms with Gasteiger partial charge in [-0.3, -0.25) is 9.59 Å². The van der Waals surface area contributed by atoms with Crippen molar-refractivity contribution < 1.29 is 18.8 Å². The number of benzene rings is 4. The lowest BCUT2D eigenvalue weighted by Gasteiger charge is -2.34. The second-order valence-corrected chi connectivity index (χ2v) is 9.36. The minimum atomic E-state index is -0.751. The zero-order chi connectivity index (χ0) is 25.9. The summed E-state index contributed by atoms with van der Waals surface area (Å²) in [5.74, 6) is -1.78. The van der Waals surface area contributed by atoms with Crippen LogP contribution in [-0.4, -0.2) is 17.8 Å². The first-order valence-corrected chi connectivity index (χ1v) is 12.3. The maximum atomic E-state index is 13.8. The smallest absolute Gasteiger partial charge is 0.268 e. The van der Waals surface area contributed by atoms with Crippen LogP contribution in [0.3, 0.4) is 0 Å². The van der Waals surface area contributed by atoms with Gasteiger partial charge < -0.3 is 0 Å². The van der Waals surface area contributed by atoms with Crippen molar-refractivity contribution in [2.75, 3.05) is 9.80 Å². The minimum absolute atomic E-state index is 0.161. The van der Waals surface area contributed by atoms with Gasteiger partial charge in [-0.05, 0) is 77.7 Å². The number of amides is 4. The van der Waals surface area contributed by atoms with E-state index in [1.165, 1.54) is 18.2 Å². The van der Waals surface area contributed by atoms with Gasteiger partial charge in [0.1, 0.15) is 11.4 Å². The van der Waals surface area contributed by atoms with E-state index in [1.807, 2.05) is 18.2 Å². The molecule has 0 radical (unpaired) electrons. The van der Waals surface area contributed by atoms with Gasteiger partial charge in [-0.15, -0.1) is 0 Å². The zero-order valence-corrected chi connectivity index (χ0v) is 21.1. The van der Waals surface area contributed by atoms with Crippen LogP contribution in [0.4, 0.5) is 20.6 Å². The molecule has 5 nitrogen and oxygen atoms in total. The van der Waals surface area contributed by atoms with Crippen LogP contribution in [-0.2, 0) is 16.0 Å². The number of anilines is 2. The largest absolute Gasteiger partial charge is 0.343 e. The van der Waals surface area contributed by atoms with Gasteiger partial charge in [0.15, 0.2) is 0 Å². The molecule has 0 spiro atoms. The highest BCUT2D eigenvalue weighted by Crippen LogP contribution is 2.31. The number of nitrogens with zero attached hydrogens (tertiary/aromatic N) is 2. The van der Waals surface area contributed by atoms with Gasteiger partial charge in [-0.1, -0.05) is 70.5 Å². The van der Waals surface area contributed by atoms with Crippen molar-refractivity contribution in [3.8, 4) is 0 Å². The summed E-state index contributed by atoms with van der Waals surface area (Å²) in [7, 11) is 0. The Labute approximate surface area is 221 Å². The first kappa shape index (κ1) is 24.3. The van der Waals surface area contributed by atoms with Gasteiger partial charge in [0.05, 0.1) is 11.4 Å². The molecule has 0 saturated carbocycles. The molecular formula is C30H20BrFN2O3. The number of para-hydroxylation sites is 2. The van der Waals surface area contributed by atoms with Crippen LogP contribution in [0.5, 0.6) is 0 Å². The third kappa shape index (κ3) is 4.99. The van der Waals surface area contributed by atoms with E-state index in [1.54, 1.807) is 72.8 Å². The number of urea groups is 1. The van der Waals surface area contributed by atoms with Crippen molar-refractivity contribution in [1.82, 2.24) is 0 Å². The van der Waals surface area contributed by atoms with Gasteiger partial charge in [-0.25, -0.2) is 19.0 Å². The summed E-state index contributed by atoms with van der Waals surface area (Å²) < 4.78 is 14.5. The fraction of sp³-hybridized carbons (Fsp3) is 0.0333. The van der Waals surface area contributed by atoms with Gasteiger partial charge in [0.2, 0.25) is 0 Å². The fourth-order valence-electron chi connectivity index (χ4n) is 4.22. The van der Waals surface area contributed by atoms with Crippen molar-refractivity contribution >= 4 is 51.2 Å². The molecular weight excluding hydrogens is 535 g/mol. The minimum Gasteiger partial charge on any atom is -0.268 e. The molecule has 37 heavy (non-hydrogen) atoms. The standard InChI is InChI=1S/C30H20BrFN2O3/c31-23-15-14-21(16-20-8-7-9-24(32)17-20)22(18-23)19-27-28(35)33(25-10-3-1-4-11-25)30(37)34(29(27)36)26-12-5-2-6-13-26/h1-15,17-19H,16H2. The maximum Gasteiger partial charge on any atom is 0.343 e. The van der Waals surface area contributed by atoms with Crippen LogP contribution in [0, 0.1) is 5.82 Å². The van der Waals surface area contributed by atoms with Crippen molar-refractivity contribution in [1.29, 1.82) is 0 Å². The molecule has 0 aromatic heterocycles. The molecule has 0 atom stereocenters. The summed E-state index contributed by atoms with van der Waals surface area (Å²) in [6.45, 7) is 0. The van der Waals surface area contributed by atoms with Crippen LogP contribution in [0.1, 0.15) is 16.7 Å². The molecule has 4 amide bonds. The summed E-state index contributed by atoms with van der Waals surface area (Å²) in [6.07, 6.45) is 1.89. The summed E-state index contributed by atoms with van der Waals surface area (Å²) in [5.41, 5.74) is 2.68. The summed E-state index contributed by atoms with van der Waals surface area (Å²) >= 11 is 3.46. The van der Waals surface area contributed by atoms with Crippen LogP contribution in [0.25, 0.3) is 6.08 Å². The molecule has 182 valence electrons. The molecule has 1 aliphatic rings. The molecule has 4 aromatic carbocycles.